The van der Waals surface area contributed by atoms with Gasteiger partial charge in [0.15, 0.2) is 11.5 Å². The maximum Gasteiger partial charge on any atom is 0.410 e. The van der Waals surface area contributed by atoms with E-state index in [1.54, 1.807) is 0 Å². The maximum absolute atomic E-state index is 12.2. The van der Waals surface area contributed by atoms with Crippen LogP contribution in [0.3, 0.4) is 0 Å². The largest absolute Gasteiger partial charge is 0.504 e. The number of hydrogen-bond acceptors (Lipinski definition) is 12. The average molecular weight is 548 g/mol. The van der Waals surface area contributed by atoms with Crippen LogP contribution in [0, 0.1) is 0 Å². The lowest BCUT2D eigenvalue weighted by atomic mass is 9.99. The zero-order valence-corrected chi connectivity index (χ0v) is 21.7. The molecular weight excluding hydrogens is 514 g/mol. The zero-order chi connectivity index (χ0) is 26.7. The Kier molecular flexibility index (Phi) is 11.8. The highest BCUT2D eigenvalue weighted by Gasteiger charge is 2.29. The highest BCUT2D eigenvalue weighted by molar-refractivity contribution is 8.77. The molecule has 12 nitrogen and oxygen atoms in total. The van der Waals surface area contributed by atoms with E-state index in [0.717, 1.165) is 31.1 Å². The number of aliphatic hydroxyl groups excluding tert-OH is 1. The summed E-state index contributed by atoms with van der Waals surface area (Å²) in [6.07, 6.45) is 1.66. The monoisotopic (exact) mass is 547 g/mol. The van der Waals surface area contributed by atoms with Crippen molar-refractivity contribution in [1.82, 2.24) is 16.2 Å². The van der Waals surface area contributed by atoms with E-state index >= 15 is 0 Å². The van der Waals surface area contributed by atoms with E-state index in [2.05, 4.69) is 23.1 Å². The van der Waals surface area contributed by atoms with Crippen molar-refractivity contribution in [1.29, 1.82) is 0 Å². The molecule has 3 atom stereocenters. The number of aromatic hydroxyl groups is 3. The molecule has 1 aromatic carbocycles. The van der Waals surface area contributed by atoms with Crippen LogP contribution in [0.1, 0.15) is 51.5 Å². The molecule has 1 aromatic rings. The molecule has 14 heteroatoms. The highest BCUT2D eigenvalue weighted by Crippen LogP contribution is 2.49. The van der Waals surface area contributed by atoms with E-state index in [0.29, 0.717) is 6.42 Å². The Labute approximate surface area is 216 Å². The molecule has 1 aliphatic heterocycles. The van der Waals surface area contributed by atoms with Crippen LogP contribution in [-0.2, 0) is 25.6 Å². The number of hydrogen-bond donors (Lipinski definition) is 7. The standard InChI is InChI=1S/C22H33N3O9S2/c1-13(33-17(28)5-3-4-8-22(2)9-10-35-36-22)34-21(32)24-15(12-26)20(31)25-23-11-14-6-7-16(27)19(30)18(14)29/h6-7,13,15,23,26-27,29-30H,3-5,8-12H2,1-2H3,(H,24,32)(H,25,31)/t13?,15?,22-/m1/s1. The van der Waals surface area contributed by atoms with E-state index in [1.165, 1.54) is 13.0 Å². The Morgan fingerprint density at radius 1 is 1.14 bits per heavy atom. The van der Waals surface area contributed by atoms with Gasteiger partial charge in [-0.3, -0.25) is 15.0 Å². The molecule has 1 fully saturated rings. The van der Waals surface area contributed by atoms with Gasteiger partial charge in [-0.1, -0.05) is 34.1 Å². The van der Waals surface area contributed by atoms with E-state index < -0.39 is 54.2 Å². The van der Waals surface area contributed by atoms with Gasteiger partial charge in [-0.25, -0.2) is 10.2 Å². The minimum Gasteiger partial charge on any atom is -0.504 e. The first-order valence-electron chi connectivity index (χ1n) is 11.4. The number of ether oxygens (including phenoxy) is 2. The number of esters is 1. The Morgan fingerprint density at radius 2 is 1.89 bits per heavy atom. The third-order valence-corrected chi connectivity index (χ3v) is 8.74. The third kappa shape index (κ3) is 9.48. The van der Waals surface area contributed by atoms with Crippen molar-refractivity contribution in [3.8, 4) is 17.2 Å². The molecule has 0 radical (unpaired) electrons. The lowest BCUT2D eigenvalue weighted by Gasteiger charge is -2.21. The number of benzene rings is 1. The van der Waals surface area contributed by atoms with Crippen LogP contribution in [0.15, 0.2) is 12.1 Å². The van der Waals surface area contributed by atoms with E-state index in [4.69, 9.17) is 9.47 Å². The molecule has 0 aromatic heterocycles. The van der Waals surface area contributed by atoms with Crippen molar-refractivity contribution < 1.29 is 44.3 Å². The van der Waals surface area contributed by atoms with Crippen molar-refractivity contribution in [2.45, 2.75) is 69.6 Å². The summed E-state index contributed by atoms with van der Waals surface area (Å²) < 4.78 is 10.2. The molecule has 36 heavy (non-hydrogen) atoms. The van der Waals surface area contributed by atoms with Crippen molar-refractivity contribution in [3.63, 3.8) is 0 Å². The number of phenols is 3. The Hall–Kier alpha value is -2.55. The minimum absolute atomic E-state index is 0.141. The van der Waals surface area contributed by atoms with Gasteiger partial charge in [0.25, 0.3) is 5.91 Å². The van der Waals surface area contributed by atoms with Gasteiger partial charge >= 0.3 is 12.1 Å². The zero-order valence-electron chi connectivity index (χ0n) is 20.1. The van der Waals surface area contributed by atoms with Crippen LogP contribution in [-0.4, -0.2) is 67.8 Å². The Morgan fingerprint density at radius 3 is 2.56 bits per heavy atom. The first-order valence-corrected chi connectivity index (χ1v) is 13.7. The maximum atomic E-state index is 12.2. The fraction of sp³-hybridized carbons (Fsp3) is 0.591. The summed E-state index contributed by atoms with van der Waals surface area (Å²) in [6, 6.07) is 1.09. The second kappa shape index (κ2) is 14.3. The van der Waals surface area contributed by atoms with Crippen LogP contribution in [0.25, 0.3) is 0 Å². The van der Waals surface area contributed by atoms with Crippen LogP contribution in [0.5, 0.6) is 17.2 Å². The van der Waals surface area contributed by atoms with Crippen molar-refractivity contribution in [2.75, 3.05) is 12.4 Å². The number of aliphatic hydroxyl groups is 1. The van der Waals surface area contributed by atoms with Gasteiger partial charge in [-0.15, -0.1) is 0 Å². The lowest BCUT2D eigenvalue weighted by molar-refractivity contribution is -0.165. The fourth-order valence-electron chi connectivity index (χ4n) is 3.27. The number of carbonyl (C=O) groups is 3. The summed E-state index contributed by atoms with van der Waals surface area (Å²) in [5.74, 6) is -1.96. The summed E-state index contributed by atoms with van der Waals surface area (Å²) in [5.41, 5.74) is 4.85. The molecule has 7 N–H and O–H groups in total. The number of amides is 2. The highest BCUT2D eigenvalue weighted by atomic mass is 33.1. The predicted molar refractivity (Wildman–Crippen MR) is 134 cm³/mol. The smallest absolute Gasteiger partial charge is 0.410 e. The van der Waals surface area contributed by atoms with Crippen LogP contribution >= 0.6 is 21.6 Å². The SMILES string of the molecule is CC(OC(=O)CCCC[C@]1(C)CCSS1)OC(=O)NC(CO)C(=O)NNCc1ccc(O)c(O)c1O. The molecular formula is C22H33N3O9S2. The van der Waals surface area contributed by atoms with Gasteiger partial charge in [0.05, 0.1) is 6.61 Å². The van der Waals surface area contributed by atoms with Gasteiger partial charge in [0.1, 0.15) is 6.04 Å². The number of nitrogens with one attached hydrogen (secondary N) is 3. The van der Waals surface area contributed by atoms with Gasteiger partial charge in [-0.2, -0.15) is 0 Å². The Bertz CT molecular complexity index is 913. The number of rotatable bonds is 13. The average Bonchev–Trinajstić information content (AvgIpc) is 3.26. The van der Waals surface area contributed by atoms with Crippen molar-refractivity contribution >= 4 is 39.6 Å². The van der Waals surface area contributed by atoms with Crippen molar-refractivity contribution in [3.05, 3.63) is 17.7 Å². The topological polar surface area (TPSA) is 187 Å². The molecule has 0 saturated carbocycles. The predicted octanol–water partition coefficient (Wildman–Crippen LogP) is 2.00. The summed E-state index contributed by atoms with van der Waals surface area (Å²) in [5, 5.41) is 40.2. The molecule has 1 aliphatic rings. The molecule has 2 rings (SSSR count). The summed E-state index contributed by atoms with van der Waals surface area (Å²) in [7, 11) is 3.76. The molecule has 1 heterocycles. The molecule has 202 valence electrons. The number of hydrazine groups is 1. The van der Waals surface area contributed by atoms with E-state index in [9.17, 15) is 34.8 Å². The number of alkyl carbamates (subject to hydrolysis) is 1. The summed E-state index contributed by atoms with van der Waals surface area (Å²) in [4.78, 5) is 36.2. The van der Waals surface area contributed by atoms with Gasteiger partial charge in [0.2, 0.25) is 12.0 Å². The summed E-state index contributed by atoms with van der Waals surface area (Å²) in [6.45, 7) is 2.70. The second-order valence-corrected chi connectivity index (χ2v) is 11.4. The fourth-order valence-corrected chi connectivity index (χ4v) is 6.57. The van der Waals surface area contributed by atoms with Gasteiger partial charge in [-0.05, 0) is 32.3 Å². The normalized spacial score (nSPS) is 18.8. The first-order chi connectivity index (χ1) is 17.0. The third-order valence-electron chi connectivity index (χ3n) is 5.38. The molecule has 2 unspecified atom stereocenters. The number of carbonyl (C=O) groups excluding carboxylic acids is 3. The summed E-state index contributed by atoms with van der Waals surface area (Å²) >= 11 is 0. The van der Waals surface area contributed by atoms with Crippen LogP contribution in [0.4, 0.5) is 4.79 Å². The van der Waals surface area contributed by atoms with Crippen molar-refractivity contribution in [2.24, 2.45) is 0 Å². The van der Waals surface area contributed by atoms with Crippen LogP contribution < -0.4 is 16.2 Å². The molecule has 0 aliphatic carbocycles. The minimum atomic E-state index is -1.39. The molecule has 1 saturated heterocycles. The second-order valence-electron chi connectivity index (χ2n) is 8.44. The number of unbranched alkanes of at least 4 members (excludes halogenated alkanes) is 1. The first kappa shape index (κ1) is 29.7. The van der Waals surface area contributed by atoms with E-state index in [1.807, 2.05) is 21.6 Å². The Balaban J connectivity index is 1.66. The van der Waals surface area contributed by atoms with Gasteiger partial charge in [0, 0.05) is 36.0 Å². The molecule has 0 bridgehead atoms. The van der Waals surface area contributed by atoms with Crippen LogP contribution in [0.2, 0.25) is 0 Å². The molecule has 2 amide bonds. The van der Waals surface area contributed by atoms with E-state index in [-0.39, 0.29) is 23.3 Å². The lowest BCUT2D eigenvalue weighted by Crippen LogP contribution is -2.52. The number of phenolic OH excluding ortho intramolecular Hbond substituents is 3. The van der Waals surface area contributed by atoms with Gasteiger partial charge < -0.3 is 35.2 Å². The molecule has 0 spiro atoms. The quantitative estimate of drug-likeness (QED) is 0.0476.